The van der Waals surface area contributed by atoms with Gasteiger partial charge in [0.25, 0.3) is 5.56 Å². The Hall–Kier alpha value is -1.43. The summed E-state index contributed by atoms with van der Waals surface area (Å²) >= 11 is 11.0. The van der Waals surface area contributed by atoms with Gasteiger partial charge in [0.1, 0.15) is 4.47 Å². The number of para-hydroxylation sites is 1. The molecule has 0 saturated carbocycles. The van der Waals surface area contributed by atoms with Gasteiger partial charge < -0.3 is 0 Å². The van der Waals surface area contributed by atoms with Gasteiger partial charge in [0.05, 0.1) is 11.4 Å². The lowest BCUT2D eigenvalue weighted by Crippen LogP contribution is -2.19. The molecule has 23 heavy (non-hydrogen) atoms. The Balaban J connectivity index is 1.92. The first-order valence-corrected chi connectivity index (χ1v) is 9.14. The van der Waals surface area contributed by atoms with Crippen molar-refractivity contribution in [3.8, 4) is 5.69 Å². The quantitative estimate of drug-likeness (QED) is 0.574. The Labute approximate surface area is 152 Å². The van der Waals surface area contributed by atoms with Crippen LogP contribution in [0.1, 0.15) is 5.69 Å². The molecule has 6 heteroatoms. The van der Waals surface area contributed by atoms with E-state index in [1.807, 2.05) is 66.3 Å². The van der Waals surface area contributed by atoms with E-state index in [2.05, 4.69) is 15.9 Å². The lowest BCUT2D eigenvalue weighted by atomic mass is 10.3. The van der Waals surface area contributed by atoms with Crippen LogP contribution in [0.3, 0.4) is 0 Å². The maximum atomic E-state index is 12.5. The molecule has 1 aromatic heterocycles. The Morgan fingerprint density at radius 3 is 2.39 bits per heavy atom. The van der Waals surface area contributed by atoms with Crippen molar-refractivity contribution in [1.82, 2.24) is 9.36 Å². The summed E-state index contributed by atoms with van der Waals surface area (Å²) in [6.45, 7) is 0. The van der Waals surface area contributed by atoms with Gasteiger partial charge in [-0.15, -0.1) is 11.8 Å². The number of nitrogens with zero attached hydrogens (tertiary/aromatic N) is 2. The fourth-order valence-electron chi connectivity index (χ4n) is 2.31. The number of aromatic nitrogens is 2. The van der Waals surface area contributed by atoms with Gasteiger partial charge in [0, 0.05) is 22.7 Å². The fraction of sp³-hybridized carbons (Fsp3) is 0.118. The van der Waals surface area contributed by atoms with E-state index in [1.165, 1.54) is 0 Å². The zero-order chi connectivity index (χ0) is 16.4. The molecule has 0 bridgehead atoms. The zero-order valence-corrected chi connectivity index (χ0v) is 15.5. The summed E-state index contributed by atoms with van der Waals surface area (Å²) in [5, 5.41) is 0.721. The molecule has 2 aromatic carbocycles. The predicted octanol–water partition coefficient (Wildman–Crippen LogP) is 4.88. The molecule has 0 saturated heterocycles. The summed E-state index contributed by atoms with van der Waals surface area (Å²) < 4.78 is 4.16. The Morgan fingerprint density at radius 1 is 1.09 bits per heavy atom. The van der Waals surface area contributed by atoms with Gasteiger partial charge in [-0.2, -0.15) is 0 Å². The molecule has 0 spiro atoms. The molecular weight excluding hydrogens is 396 g/mol. The normalized spacial score (nSPS) is 10.9. The lowest BCUT2D eigenvalue weighted by Gasteiger charge is -2.10. The maximum absolute atomic E-state index is 12.5. The molecule has 0 amide bonds. The smallest absolute Gasteiger partial charge is 0.283 e. The standard InChI is InChI=1S/C17H14BrClN2OS/c1-20-15(11-23-14-9-7-12(19)8-10-14)16(18)17(22)21(20)13-5-3-2-4-6-13/h2-10H,11H2,1H3. The van der Waals surface area contributed by atoms with Crippen molar-refractivity contribution in [2.24, 2.45) is 7.05 Å². The Morgan fingerprint density at radius 2 is 1.74 bits per heavy atom. The van der Waals surface area contributed by atoms with Crippen LogP contribution in [0.4, 0.5) is 0 Å². The number of thioether (sulfide) groups is 1. The topological polar surface area (TPSA) is 26.9 Å². The van der Waals surface area contributed by atoms with E-state index in [0.717, 1.165) is 21.3 Å². The van der Waals surface area contributed by atoms with Crippen molar-refractivity contribution in [1.29, 1.82) is 0 Å². The van der Waals surface area contributed by atoms with E-state index in [-0.39, 0.29) is 5.56 Å². The van der Waals surface area contributed by atoms with Crippen LogP contribution in [0, 0.1) is 0 Å². The predicted molar refractivity (Wildman–Crippen MR) is 99.7 cm³/mol. The highest BCUT2D eigenvalue weighted by molar-refractivity contribution is 9.10. The van der Waals surface area contributed by atoms with Gasteiger partial charge in [0.2, 0.25) is 0 Å². The van der Waals surface area contributed by atoms with Gasteiger partial charge in [-0.25, -0.2) is 4.68 Å². The monoisotopic (exact) mass is 408 g/mol. The Kier molecular flexibility index (Phi) is 4.99. The van der Waals surface area contributed by atoms with Crippen LogP contribution >= 0.6 is 39.3 Å². The van der Waals surface area contributed by atoms with Crippen molar-refractivity contribution in [3.05, 3.63) is 80.1 Å². The van der Waals surface area contributed by atoms with Gasteiger partial charge in [-0.05, 0) is 52.3 Å². The molecule has 3 nitrogen and oxygen atoms in total. The highest BCUT2D eigenvalue weighted by atomic mass is 79.9. The summed E-state index contributed by atoms with van der Waals surface area (Å²) in [5.41, 5.74) is 1.74. The molecule has 0 radical (unpaired) electrons. The van der Waals surface area contributed by atoms with Crippen molar-refractivity contribution in [2.75, 3.05) is 0 Å². The molecule has 0 N–H and O–H groups in total. The molecule has 0 aliphatic carbocycles. The number of rotatable bonds is 4. The highest BCUT2D eigenvalue weighted by Crippen LogP contribution is 2.27. The second kappa shape index (κ2) is 6.99. The van der Waals surface area contributed by atoms with E-state index < -0.39 is 0 Å². The summed E-state index contributed by atoms with van der Waals surface area (Å²) in [5.74, 6) is 0.688. The number of benzene rings is 2. The minimum atomic E-state index is -0.0505. The van der Waals surface area contributed by atoms with E-state index in [1.54, 1.807) is 16.4 Å². The lowest BCUT2D eigenvalue weighted by molar-refractivity contribution is 0.627. The summed E-state index contributed by atoms with van der Waals surface area (Å²) in [6.07, 6.45) is 0. The molecule has 3 rings (SSSR count). The molecule has 0 atom stereocenters. The van der Waals surface area contributed by atoms with Crippen molar-refractivity contribution in [2.45, 2.75) is 10.6 Å². The zero-order valence-electron chi connectivity index (χ0n) is 12.4. The molecular formula is C17H14BrClN2OS. The minimum Gasteiger partial charge on any atom is -0.283 e. The van der Waals surface area contributed by atoms with Crippen molar-refractivity contribution in [3.63, 3.8) is 0 Å². The summed E-state index contributed by atoms with van der Waals surface area (Å²) in [6, 6.07) is 17.3. The molecule has 0 aliphatic rings. The second-order valence-electron chi connectivity index (χ2n) is 4.98. The van der Waals surface area contributed by atoms with Crippen LogP contribution in [-0.4, -0.2) is 9.36 Å². The van der Waals surface area contributed by atoms with Crippen LogP contribution < -0.4 is 5.56 Å². The fourth-order valence-corrected chi connectivity index (χ4v) is 4.15. The average molecular weight is 410 g/mol. The van der Waals surface area contributed by atoms with E-state index in [4.69, 9.17) is 11.6 Å². The summed E-state index contributed by atoms with van der Waals surface area (Å²) in [7, 11) is 1.90. The second-order valence-corrected chi connectivity index (χ2v) is 7.26. The van der Waals surface area contributed by atoms with Crippen molar-refractivity contribution < 1.29 is 0 Å². The SMILES string of the molecule is Cn1c(CSc2ccc(Cl)cc2)c(Br)c(=O)n1-c1ccccc1. The van der Waals surface area contributed by atoms with Gasteiger partial charge in [0.15, 0.2) is 0 Å². The number of halogens is 2. The van der Waals surface area contributed by atoms with Crippen LogP contribution in [0.25, 0.3) is 5.69 Å². The number of hydrogen-bond donors (Lipinski definition) is 0. The average Bonchev–Trinajstić information content (AvgIpc) is 2.78. The first kappa shape index (κ1) is 16.4. The minimum absolute atomic E-state index is 0.0505. The molecule has 118 valence electrons. The van der Waals surface area contributed by atoms with Gasteiger partial charge in [-0.1, -0.05) is 29.8 Å². The van der Waals surface area contributed by atoms with Crippen LogP contribution in [-0.2, 0) is 12.8 Å². The molecule has 1 heterocycles. The van der Waals surface area contributed by atoms with Gasteiger partial charge >= 0.3 is 0 Å². The van der Waals surface area contributed by atoms with E-state index >= 15 is 0 Å². The largest absolute Gasteiger partial charge is 0.286 e. The Bertz CT molecular complexity index is 872. The molecule has 0 unspecified atom stereocenters. The maximum Gasteiger partial charge on any atom is 0.286 e. The molecule has 0 aliphatic heterocycles. The molecule has 0 fully saturated rings. The highest BCUT2D eigenvalue weighted by Gasteiger charge is 2.16. The van der Waals surface area contributed by atoms with Crippen LogP contribution in [0.15, 0.2) is 68.8 Å². The summed E-state index contributed by atoms with van der Waals surface area (Å²) in [4.78, 5) is 13.6. The van der Waals surface area contributed by atoms with Crippen molar-refractivity contribution >= 4 is 39.3 Å². The third-order valence-corrected chi connectivity index (χ3v) is 5.59. The number of hydrogen-bond acceptors (Lipinski definition) is 2. The molecule has 3 aromatic rings. The van der Waals surface area contributed by atoms with Gasteiger partial charge in [-0.3, -0.25) is 9.48 Å². The van der Waals surface area contributed by atoms with Crippen LogP contribution in [0.2, 0.25) is 5.02 Å². The first-order chi connectivity index (χ1) is 11.1. The third kappa shape index (κ3) is 3.42. The first-order valence-electron chi connectivity index (χ1n) is 6.98. The van der Waals surface area contributed by atoms with E-state index in [0.29, 0.717) is 10.2 Å². The van der Waals surface area contributed by atoms with E-state index in [9.17, 15) is 4.79 Å². The van der Waals surface area contributed by atoms with Crippen LogP contribution in [0.5, 0.6) is 0 Å². The third-order valence-electron chi connectivity index (χ3n) is 3.51.